The van der Waals surface area contributed by atoms with Crippen molar-refractivity contribution < 1.29 is 4.79 Å². The van der Waals surface area contributed by atoms with Gasteiger partial charge in [0.05, 0.1) is 16.3 Å². The molecule has 0 aliphatic carbocycles. The second-order valence-electron chi connectivity index (χ2n) is 4.48. The lowest BCUT2D eigenvalue weighted by molar-refractivity contribution is 0.0692. The van der Waals surface area contributed by atoms with Gasteiger partial charge in [0.15, 0.2) is 0 Å². The van der Waals surface area contributed by atoms with Crippen LogP contribution in [0, 0.1) is 6.92 Å². The van der Waals surface area contributed by atoms with Gasteiger partial charge in [-0.15, -0.1) is 11.3 Å². The lowest BCUT2D eigenvalue weighted by Gasteiger charge is -2.36. The maximum absolute atomic E-state index is 12.5. The molecule has 0 saturated heterocycles. The zero-order valence-electron chi connectivity index (χ0n) is 10.9. The fourth-order valence-corrected chi connectivity index (χ4v) is 2.99. The van der Waals surface area contributed by atoms with Crippen molar-refractivity contribution in [2.45, 2.75) is 20.0 Å². The number of nitrogens with one attached hydrogen (secondary N) is 1. The quantitative estimate of drug-likeness (QED) is 0.914. The highest BCUT2D eigenvalue weighted by Crippen LogP contribution is 2.32. The van der Waals surface area contributed by atoms with Crippen LogP contribution in [-0.4, -0.2) is 22.3 Å². The van der Waals surface area contributed by atoms with Gasteiger partial charge in [-0.3, -0.25) is 4.79 Å². The van der Waals surface area contributed by atoms with E-state index in [-0.39, 0.29) is 12.1 Å². The van der Waals surface area contributed by atoms with Gasteiger partial charge < -0.3 is 10.2 Å². The van der Waals surface area contributed by atoms with E-state index in [2.05, 4.69) is 10.3 Å². The Hall–Kier alpha value is -1.88. The molecule has 1 aromatic heterocycles. The van der Waals surface area contributed by atoms with Crippen molar-refractivity contribution in [2.24, 2.45) is 0 Å². The van der Waals surface area contributed by atoms with Gasteiger partial charge in [-0.05, 0) is 26.0 Å². The molecule has 98 valence electrons. The number of nitrogens with zero attached hydrogens (tertiary/aromatic N) is 2. The molecule has 19 heavy (non-hydrogen) atoms. The average molecular weight is 273 g/mol. The van der Waals surface area contributed by atoms with Crippen LogP contribution in [0.15, 0.2) is 29.6 Å². The third kappa shape index (κ3) is 2.00. The van der Waals surface area contributed by atoms with E-state index in [4.69, 9.17) is 0 Å². The Bertz CT molecular complexity index is 623. The number of amides is 1. The van der Waals surface area contributed by atoms with Crippen molar-refractivity contribution in [3.8, 4) is 0 Å². The topological polar surface area (TPSA) is 45.2 Å². The molecular formula is C14H15N3OS. The first-order chi connectivity index (χ1) is 9.20. The maximum atomic E-state index is 12.5. The van der Waals surface area contributed by atoms with E-state index in [9.17, 15) is 4.79 Å². The molecule has 0 bridgehead atoms. The van der Waals surface area contributed by atoms with E-state index >= 15 is 0 Å². The van der Waals surface area contributed by atoms with Crippen LogP contribution in [0.2, 0.25) is 0 Å². The van der Waals surface area contributed by atoms with Crippen LogP contribution < -0.4 is 5.32 Å². The highest BCUT2D eigenvalue weighted by molar-refractivity contribution is 7.09. The molecule has 2 aromatic rings. The zero-order chi connectivity index (χ0) is 13.4. The molecule has 3 rings (SSSR count). The Balaban J connectivity index is 2.05. The molecule has 1 atom stereocenters. The number of para-hydroxylation sites is 1. The number of aryl methyl sites for hydroxylation is 1. The second-order valence-corrected chi connectivity index (χ2v) is 5.54. The summed E-state index contributed by atoms with van der Waals surface area (Å²) in [7, 11) is 0. The summed E-state index contributed by atoms with van der Waals surface area (Å²) in [5, 5.41) is 6.43. The van der Waals surface area contributed by atoms with Gasteiger partial charge in [0.1, 0.15) is 6.17 Å². The van der Waals surface area contributed by atoms with Crippen LogP contribution >= 0.6 is 11.3 Å². The summed E-state index contributed by atoms with van der Waals surface area (Å²) in [5.74, 6) is 0.0625. The number of benzene rings is 1. The zero-order valence-corrected chi connectivity index (χ0v) is 11.7. The summed E-state index contributed by atoms with van der Waals surface area (Å²) in [4.78, 5) is 18.8. The van der Waals surface area contributed by atoms with E-state index < -0.39 is 0 Å². The number of fused-ring (bicyclic) bond motifs is 1. The molecule has 1 amide bonds. The number of hydrogen-bond acceptors (Lipinski definition) is 4. The Morgan fingerprint density at radius 3 is 2.89 bits per heavy atom. The number of carbonyl (C=O) groups is 1. The van der Waals surface area contributed by atoms with Crippen LogP contribution in [0.25, 0.3) is 0 Å². The lowest BCUT2D eigenvalue weighted by atomic mass is 10.1. The first kappa shape index (κ1) is 12.2. The summed E-state index contributed by atoms with van der Waals surface area (Å²) in [6.45, 7) is 4.62. The van der Waals surface area contributed by atoms with Crippen molar-refractivity contribution in [3.05, 3.63) is 45.9 Å². The molecule has 0 fully saturated rings. The predicted molar refractivity (Wildman–Crippen MR) is 76.4 cm³/mol. The van der Waals surface area contributed by atoms with Crippen LogP contribution in [-0.2, 0) is 0 Å². The molecule has 1 aromatic carbocycles. The highest BCUT2D eigenvalue weighted by Gasteiger charge is 2.32. The smallest absolute Gasteiger partial charge is 0.257 e. The first-order valence-electron chi connectivity index (χ1n) is 6.29. The monoisotopic (exact) mass is 273 g/mol. The van der Waals surface area contributed by atoms with E-state index in [0.717, 1.165) is 22.0 Å². The number of carbonyl (C=O) groups excluding carboxylic acids is 1. The van der Waals surface area contributed by atoms with Crippen molar-refractivity contribution in [1.29, 1.82) is 0 Å². The van der Waals surface area contributed by atoms with Crippen molar-refractivity contribution >= 4 is 22.9 Å². The van der Waals surface area contributed by atoms with Gasteiger partial charge >= 0.3 is 0 Å². The molecule has 0 radical (unpaired) electrons. The molecular weight excluding hydrogens is 258 g/mol. The fraction of sp³-hybridized carbons (Fsp3) is 0.286. The number of hydrogen-bond donors (Lipinski definition) is 1. The van der Waals surface area contributed by atoms with E-state index in [1.165, 1.54) is 0 Å². The third-order valence-electron chi connectivity index (χ3n) is 3.28. The Morgan fingerprint density at radius 1 is 1.42 bits per heavy atom. The molecule has 0 saturated carbocycles. The van der Waals surface area contributed by atoms with Crippen molar-refractivity contribution in [1.82, 2.24) is 9.88 Å². The lowest BCUT2D eigenvalue weighted by Crippen LogP contribution is -2.42. The summed E-state index contributed by atoms with van der Waals surface area (Å²) in [5.41, 5.74) is 2.52. The summed E-state index contributed by atoms with van der Waals surface area (Å²) < 4.78 is 0. The minimum Gasteiger partial charge on any atom is -0.359 e. The second kappa shape index (κ2) is 4.66. The minimum absolute atomic E-state index is 0.0625. The van der Waals surface area contributed by atoms with Crippen LogP contribution in [0.1, 0.15) is 34.1 Å². The van der Waals surface area contributed by atoms with E-state index in [1.54, 1.807) is 11.3 Å². The standard InChI is InChI=1S/C14H15N3OS/c1-3-17-13(12-8-19-9(2)15-12)16-11-7-5-4-6-10(11)14(17)18/h4-8,13,16H,3H2,1-2H3. The Kier molecular flexibility index (Phi) is 2.98. The molecule has 0 spiro atoms. The molecule has 1 aliphatic rings. The van der Waals surface area contributed by atoms with Crippen molar-refractivity contribution in [3.63, 3.8) is 0 Å². The van der Waals surface area contributed by atoms with Crippen LogP contribution in [0.4, 0.5) is 5.69 Å². The van der Waals surface area contributed by atoms with Crippen LogP contribution in [0.3, 0.4) is 0 Å². The summed E-state index contributed by atoms with van der Waals surface area (Å²) in [6, 6.07) is 7.62. The largest absolute Gasteiger partial charge is 0.359 e. The van der Waals surface area contributed by atoms with Gasteiger partial charge in [-0.1, -0.05) is 12.1 Å². The number of thiazole rings is 1. The minimum atomic E-state index is -0.169. The molecule has 4 nitrogen and oxygen atoms in total. The molecule has 2 heterocycles. The van der Waals surface area contributed by atoms with Gasteiger partial charge in [0.25, 0.3) is 5.91 Å². The summed E-state index contributed by atoms with van der Waals surface area (Å²) in [6.07, 6.45) is -0.169. The van der Waals surface area contributed by atoms with Gasteiger partial charge in [-0.25, -0.2) is 4.98 Å². The van der Waals surface area contributed by atoms with E-state index in [1.807, 2.05) is 48.4 Å². The summed E-state index contributed by atoms with van der Waals surface area (Å²) >= 11 is 1.60. The van der Waals surface area contributed by atoms with Gasteiger partial charge in [0, 0.05) is 17.6 Å². The van der Waals surface area contributed by atoms with Gasteiger partial charge in [0.2, 0.25) is 0 Å². The number of aromatic nitrogens is 1. The highest BCUT2D eigenvalue weighted by atomic mass is 32.1. The van der Waals surface area contributed by atoms with Crippen molar-refractivity contribution in [2.75, 3.05) is 11.9 Å². The SMILES string of the molecule is CCN1C(=O)c2ccccc2NC1c1csc(C)n1. The first-order valence-corrected chi connectivity index (χ1v) is 7.17. The average Bonchev–Trinajstić information content (AvgIpc) is 2.85. The molecule has 5 heteroatoms. The Labute approximate surface area is 116 Å². The van der Waals surface area contributed by atoms with Crippen LogP contribution in [0.5, 0.6) is 0 Å². The number of rotatable bonds is 2. The Morgan fingerprint density at radius 2 is 2.21 bits per heavy atom. The van der Waals surface area contributed by atoms with E-state index in [0.29, 0.717) is 6.54 Å². The van der Waals surface area contributed by atoms with Gasteiger partial charge in [-0.2, -0.15) is 0 Å². The predicted octanol–water partition coefficient (Wildman–Crippen LogP) is 3.04. The molecule has 1 unspecified atom stereocenters. The maximum Gasteiger partial charge on any atom is 0.257 e. The molecule has 1 aliphatic heterocycles. The number of anilines is 1. The third-order valence-corrected chi connectivity index (χ3v) is 4.07. The normalized spacial score (nSPS) is 18.1. The molecule has 1 N–H and O–H groups in total. The fourth-order valence-electron chi connectivity index (χ4n) is 2.36.